The molecule has 0 spiro atoms. The number of rotatable bonds is 4. The molecular weight excluding hydrogens is 656 g/mol. The fourth-order valence-electron chi connectivity index (χ4n) is 8.14. The second-order valence-electron chi connectivity index (χ2n) is 12.7. The molecule has 4 amide bonds. The minimum absolute atomic E-state index is 0.00697. The van der Waals surface area contributed by atoms with Gasteiger partial charge in [0.15, 0.2) is 17.4 Å². The molecule has 7 rings (SSSR count). The van der Waals surface area contributed by atoms with Crippen molar-refractivity contribution < 1.29 is 41.8 Å². The molecule has 1 saturated carbocycles. The van der Waals surface area contributed by atoms with Crippen molar-refractivity contribution in [2.24, 2.45) is 29.1 Å². The van der Waals surface area contributed by atoms with E-state index in [2.05, 4.69) is 4.98 Å². The molecule has 3 aromatic rings. The molecule has 2 aromatic carbocycles. The lowest BCUT2D eigenvalue weighted by molar-refractivity contribution is -0.141. The van der Waals surface area contributed by atoms with Crippen LogP contribution in [0.4, 0.5) is 29.1 Å². The number of pyridine rings is 1. The SMILES string of the molecule is CN(c1nc(C(F)(F)F)ccc1Cl)N1C(=O)[C@H]2[C@H](CC=C3[C@H]2C[C@H]2C(=O)N(c4ccccc4)C(=O)[C@@]2(C)[C@H]3c2cccc(F)c2O)C1=O. The van der Waals surface area contributed by atoms with E-state index < -0.39 is 87.9 Å². The van der Waals surface area contributed by atoms with Crippen molar-refractivity contribution in [3.8, 4) is 5.75 Å². The summed E-state index contributed by atoms with van der Waals surface area (Å²) in [7, 11) is 1.21. The first kappa shape index (κ1) is 31.8. The van der Waals surface area contributed by atoms with Crippen LogP contribution in [-0.2, 0) is 25.4 Å². The second-order valence-corrected chi connectivity index (χ2v) is 13.1. The summed E-state index contributed by atoms with van der Waals surface area (Å²) in [6.07, 6.45) is -3.14. The Hall–Kier alpha value is -4.78. The van der Waals surface area contributed by atoms with Gasteiger partial charge in [-0.3, -0.25) is 24.2 Å². The standard InChI is InChI=1S/C34H27ClF4N4O5/c1-33-21(30(46)42(32(33)48)16-7-4-3-5-8-16)15-20-17(26(33)19-9-6-10-23(36)27(19)44)11-12-18-25(20)31(47)43(29(18)45)41(2)28-22(35)13-14-24(40-28)34(37,38)39/h3-11,13-14,18,20-21,25-26,44H,12,15H2,1-2H3/t18-,20+,21-,25-,26+,33+/m0/s1. The summed E-state index contributed by atoms with van der Waals surface area (Å²) in [5, 5.41) is 12.4. The van der Waals surface area contributed by atoms with Gasteiger partial charge in [0.2, 0.25) is 11.8 Å². The number of imide groups is 2. The van der Waals surface area contributed by atoms with Gasteiger partial charge in [-0.05, 0) is 56.0 Å². The maximum atomic E-state index is 14.9. The number of alkyl halides is 3. The summed E-state index contributed by atoms with van der Waals surface area (Å²) in [5.41, 5.74) is -1.91. The summed E-state index contributed by atoms with van der Waals surface area (Å²) >= 11 is 6.20. The van der Waals surface area contributed by atoms with Gasteiger partial charge in [-0.2, -0.15) is 18.2 Å². The number of anilines is 2. The van der Waals surface area contributed by atoms with E-state index in [1.165, 1.54) is 19.2 Å². The highest BCUT2D eigenvalue weighted by Crippen LogP contribution is 2.64. The molecule has 2 aliphatic carbocycles. The molecule has 2 aliphatic heterocycles. The number of hydrogen-bond acceptors (Lipinski definition) is 7. The van der Waals surface area contributed by atoms with Gasteiger partial charge in [-0.15, -0.1) is 0 Å². The molecule has 48 heavy (non-hydrogen) atoms. The van der Waals surface area contributed by atoms with Gasteiger partial charge in [0.05, 0.1) is 33.9 Å². The first-order valence-electron chi connectivity index (χ1n) is 15.1. The Kier molecular flexibility index (Phi) is 7.20. The highest BCUT2D eigenvalue weighted by Gasteiger charge is 2.68. The number of hydrazine groups is 1. The molecule has 0 radical (unpaired) electrons. The zero-order chi connectivity index (χ0) is 34.4. The Morgan fingerprint density at radius 1 is 0.958 bits per heavy atom. The fourth-order valence-corrected chi connectivity index (χ4v) is 8.37. The van der Waals surface area contributed by atoms with Crippen LogP contribution in [0.5, 0.6) is 5.75 Å². The number of carbonyl (C=O) groups excluding carboxylic acids is 4. The third kappa shape index (κ3) is 4.39. The molecule has 3 heterocycles. The average molecular weight is 683 g/mol. The predicted molar refractivity (Wildman–Crippen MR) is 164 cm³/mol. The minimum atomic E-state index is -4.82. The molecule has 0 unspecified atom stereocenters. The van der Waals surface area contributed by atoms with Gasteiger partial charge in [-0.1, -0.05) is 53.6 Å². The zero-order valence-corrected chi connectivity index (χ0v) is 26.2. The zero-order valence-electron chi connectivity index (χ0n) is 25.4. The van der Waals surface area contributed by atoms with Gasteiger partial charge in [0.25, 0.3) is 11.8 Å². The van der Waals surface area contributed by atoms with Crippen LogP contribution in [0.1, 0.15) is 36.9 Å². The first-order valence-corrected chi connectivity index (χ1v) is 15.5. The lowest BCUT2D eigenvalue weighted by Crippen LogP contribution is -2.49. The number of phenols is 1. The quantitative estimate of drug-likeness (QED) is 0.208. The monoisotopic (exact) mass is 682 g/mol. The topological polar surface area (TPSA) is 111 Å². The predicted octanol–water partition coefficient (Wildman–Crippen LogP) is 5.88. The minimum Gasteiger partial charge on any atom is -0.505 e. The summed E-state index contributed by atoms with van der Waals surface area (Å²) in [5.74, 6) is -9.60. The number of nitrogens with zero attached hydrogens (tertiary/aromatic N) is 4. The van der Waals surface area contributed by atoms with Crippen molar-refractivity contribution in [3.05, 3.63) is 94.4 Å². The van der Waals surface area contributed by atoms with E-state index >= 15 is 0 Å². The van der Waals surface area contributed by atoms with Crippen LogP contribution < -0.4 is 9.91 Å². The van der Waals surface area contributed by atoms with Gasteiger partial charge >= 0.3 is 6.18 Å². The maximum absolute atomic E-state index is 14.9. The van der Waals surface area contributed by atoms with Crippen LogP contribution in [0, 0.1) is 34.9 Å². The summed E-state index contributed by atoms with van der Waals surface area (Å²) < 4.78 is 55.4. The summed E-state index contributed by atoms with van der Waals surface area (Å²) in [4.78, 5) is 61.3. The summed E-state index contributed by atoms with van der Waals surface area (Å²) in [6, 6.07) is 13.8. The van der Waals surface area contributed by atoms with Crippen molar-refractivity contribution in [1.29, 1.82) is 0 Å². The molecular formula is C34H27ClF4N4O5. The molecule has 4 aliphatic rings. The highest BCUT2D eigenvalue weighted by molar-refractivity contribution is 6.33. The van der Waals surface area contributed by atoms with E-state index in [1.807, 2.05) is 0 Å². The number of phenolic OH excluding ortho intramolecular Hbond substituents is 1. The van der Waals surface area contributed by atoms with Crippen molar-refractivity contribution in [1.82, 2.24) is 9.99 Å². The van der Waals surface area contributed by atoms with Gasteiger partial charge in [-0.25, -0.2) is 14.3 Å². The third-order valence-corrected chi connectivity index (χ3v) is 10.6. The fraction of sp³-hybridized carbons (Fsp3) is 0.324. The van der Waals surface area contributed by atoms with Crippen molar-refractivity contribution in [2.75, 3.05) is 17.0 Å². The molecule has 2 saturated heterocycles. The normalized spacial score (nSPS) is 28.3. The largest absolute Gasteiger partial charge is 0.505 e. The van der Waals surface area contributed by atoms with Crippen LogP contribution in [0.3, 0.4) is 0 Å². The van der Waals surface area contributed by atoms with Gasteiger partial charge < -0.3 is 5.11 Å². The number of carbonyl (C=O) groups is 4. The first-order chi connectivity index (χ1) is 22.7. The second kappa shape index (κ2) is 10.9. The molecule has 14 heteroatoms. The number of amides is 4. The molecule has 0 bridgehead atoms. The number of hydrogen-bond donors (Lipinski definition) is 1. The van der Waals surface area contributed by atoms with Gasteiger partial charge in [0, 0.05) is 18.5 Å². The number of aromatic nitrogens is 1. The van der Waals surface area contributed by atoms with Crippen LogP contribution in [0.25, 0.3) is 0 Å². The Balaban J connectivity index is 1.33. The lowest BCUT2D eigenvalue weighted by Gasteiger charge is -2.49. The number of allylic oxidation sites excluding steroid dienone is 2. The third-order valence-electron chi connectivity index (χ3n) is 10.3. The Morgan fingerprint density at radius 2 is 1.67 bits per heavy atom. The van der Waals surface area contributed by atoms with Crippen molar-refractivity contribution in [3.63, 3.8) is 0 Å². The van der Waals surface area contributed by atoms with Crippen molar-refractivity contribution >= 4 is 46.7 Å². The molecule has 1 N–H and O–H groups in total. The van der Waals surface area contributed by atoms with Crippen molar-refractivity contribution in [2.45, 2.75) is 31.9 Å². The lowest BCUT2D eigenvalue weighted by atomic mass is 9.51. The Bertz CT molecular complexity index is 1940. The molecule has 1 aromatic heterocycles. The van der Waals surface area contributed by atoms with E-state index in [0.29, 0.717) is 17.3 Å². The molecule has 9 nitrogen and oxygen atoms in total. The number of fused-ring (bicyclic) bond motifs is 4. The van der Waals surface area contributed by atoms with E-state index in [1.54, 1.807) is 43.3 Å². The van der Waals surface area contributed by atoms with E-state index in [-0.39, 0.29) is 23.4 Å². The highest BCUT2D eigenvalue weighted by atomic mass is 35.5. The Labute approximate surface area is 276 Å². The maximum Gasteiger partial charge on any atom is 0.433 e. The van der Waals surface area contributed by atoms with Crippen LogP contribution in [0.2, 0.25) is 5.02 Å². The molecule has 248 valence electrons. The van der Waals surface area contributed by atoms with Crippen LogP contribution >= 0.6 is 11.6 Å². The van der Waals surface area contributed by atoms with E-state index in [0.717, 1.165) is 27.1 Å². The van der Waals surface area contributed by atoms with Crippen LogP contribution in [0.15, 0.2) is 72.3 Å². The van der Waals surface area contributed by atoms with Crippen LogP contribution in [-0.4, -0.2) is 45.8 Å². The van der Waals surface area contributed by atoms with E-state index in [9.17, 15) is 41.8 Å². The number of para-hydroxylation sites is 2. The average Bonchev–Trinajstić information content (AvgIpc) is 3.42. The van der Waals surface area contributed by atoms with E-state index in [4.69, 9.17) is 11.6 Å². The number of aromatic hydroxyl groups is 1. The smallest absolute Gasteiger partial charge is 0.433 e. The molecule has 3 fully saturated rings. The number of benzene rings is 2. The number of halogens is 5. The molecule has 6 atom stereocenters. The van der Waals surface area contributed by atoms with Gasteiger partial charge in [0.1, 0.15) is 5.69 Å². The summed E-state index contributed by atoms with van der Waals surface area (Å²) in [6.45, 7) is 1.60. The Morgan fingerprint density at radius 3 is 2.35 bits per heavy atom.